The summed E-state index contributed by atoms with van der Waals surface area (Å²) in [5.74, 6) is 0.540. The van der Waals surface area contributed by atoms with Gasteiger partial charge in [0.25, 0.3) is 0 Å². The van der Waals surface area contributed by atoms with Gasteiger partial charge in [-0.15, -0.1) is 0 Å². The third-order valence-corrected chi connectivity index (χ3v) is 3.28. The molecular weight excluding hydrogens is 282 g/mol. The van der Waals surface area contributed by atoms with E-state index < -0.39 is 5.60 Å². The van der Waals surface area contributed by atoms with Crippen molar-refractivity contribution in [3.8, 4) is 0 Å². The average molecular weight is 315 g/mol. The summed E-state index contributed by atoms with van der Waals surface area (Å²) < 4.78 is 5.23. The second-order valence-electron chi connectivity index (χ2n) is 7.01. The summed E-state index contributed by atoms with van der Waals surface area (Å²) in [4.78, 5) is 22.3. The molecule has 0 saturated carbocycles. The predicted molar refractivity (Wildman–Crippen MR) is 88.5 cm³/mol. The minimum atomic E-state index is -0.476. The molecule has 0 aromatic heterocycles. The largest absolute Gasteiger partial charge is 0.444 e. The minimum absolute atomic E-state index is 0.249. The lowest BCUT2D eigenvalue weighted by atomic mass is 9.95. The summed E-state index contributed by atoms with van der Waals surface area (Å²) in [7, 11) is 0. The van der Waals surface area contributed by atoms with Crippen LogP contribution in [0.1, 0.15) is 53.9 Å². The lowest BCUT2D eigenvalue weighted by Crippen LogP contribution is -2.39. The number of alkyl carbamates (subject to hydrolysis) is 1. The Morgan fingerprint density at radius 3 is 2.27 bits per heavy atom. The maximum atomic E-state index is 11.7. The Bertz CT molecular complexity index is 338. The SMILES string of the molecule is CC(C)C(CNCCCCC(N)=O)CNC(=O)OC(C)(C)C. The van der Waals surface area contributed by atoms with Crippen LogP contribution in [-0.2, 0) is 9.53 Å². The van der Waals surface area contributed by atoms with Crippen molar-refractivity contribution in [3.05, 3.63) is 0 Å². The zero-order valence-electron chi connectivity index (χ0n) is 14.7. The molecule has 0 aromatic carbocycles. The van der Waals surface area contributed by atoms with E-state index in [2.05, 4.69) is 24.5 Å². The van der Waals surface area contributed by atoms with Crippen LogP contribution >= 0.6 is 0 Å². The average Bonchev–Trinajstić information content (AvgIpc) is 2.33. The van der Waals surface area contributed by atoms with E-state index in [1.54, 1.807) is 0 Å². The Morgan fingerprint density at radius 2 is 1.77 bits per heavy atom. The highest BCUT2D eigenvalue weighted by Gasteiger charge is 2.18. The molecule has 0 heterocycles. The van der Waals surface area contributed by atoms with E-state index in [1.807, 2.05) is 20.8 Å². The molecule has 0 saturated heterocycles. The van der Waals surface area contributed by atoms with Gasteiger partial charge in [0.05, 0.1) is 0 Å². The van der Waals surface area contributed by atoms with Crippen molar-refractivity contribution >= 4 is 12.0 Å². The van der Waals surface area contributed by atoms with Crippen LogP contribution in [0.3, 0.4) is 0 Å². The van der Waals surface area contributed by atoms with Gasteiger partial charge in [0.15, 0.2) is 0 Å². The number of hydrogen-bond acceptors (Lipinski definition) is 4. The third-order valence-electron chi connectivity index (χ3n) is 3.28. The topological polar surface area (TPSA) is 93.5 Å². The highest BCUT2D eigenvalue weighted by Crippen LogP contribution is 2.10. The van der Waals surface area contributed by atoms with E-state index in [4.69, 9.17) is 10.5 Å². The molecule has 0 spiro atoms. The number of carbonyl (C=O) groups excluding carboxylic acids is 2. The second-order valence-corrected chi connectivity index (χ2v) is 7.01. The van der Waals surface area contributed by atoms with Crippen LogP contribution in [-0.4, -0.2) is 37.2 Å². The predicted octanol–water partition coefficient (Wildman–Crippen LogP) is 2.03. The molecule has 1 atom stereocenters. The van der Waals surface area contributed by atoms with Crippen LogP contribution in [0.5, 0.6) is 0 Å². The number of ether oxygens (including phenoxy) is 1. The molecule has 4 N–H and O–H groups in total. The molecular formula is C16H33N3O3. The first-order valence-corrected chi connectivity index (χ1v) is 8.07. The van der Waals surface area contributed by atoms with Gasteiger partial charge in [0.1, 0.15) is 5.60 Å². The van der Waals surface area contributed by atoms with Gasteiger partial charge in [0, 0.05) is 13.0 Å². The monoisotopic (exact) mass is 315 g/mol. The number of nitrogens with two attached hydrogens (primary N) is 1. The van der Waals surface area contributed by atoms with Crippen LogP contribution in [0.4, 0.5) is 4.79 Å². The number of amides is 2. The normalized spacial score (nSPS) is 13.0. The van der Waals surface area contributed by atoms with Gasteiger partial charge < -0.3 is 21.1 Å². The molecule has 130 valence electrons. The van der Waals surface area contributed by atoms with E-state index in [1.165, 1.54) is 0 Å². The molecule has 0 aliphatic rings. The minimum Gasteiger partial charge on any atom is -0.444 e. The molecule has 2 amide bonds. The van der Waals surface area contributed by atoms with Gasteiger partial charge >= 0.3 is 6.09 Å². The van der Waals surface area contributed by atoms with Crippen LogP contribution in [0.2, 0.25) is 0 Å². The van der Waals surface area contributed by atoms with E-state index in [0.29, 0.717) is 24.8 Å². The standard InChI is InChI=1S/C16H33N3O3/c1-12(2)13(10-18-9-7-6-8-14(17)20)11-19-15(21)22-16(3,4)5/h12-13,18H,6-11H2,1-5H3,(H2,17,20)(H,19,21). The number of primary amides is 1. The van der Waals surface area contributed by atoms with E-state index in [0.717, 1.165) is 25.9 Å². The first-order chi connectivity index (χ1) is 10.1. The molecule has 6 heteroatoms. The van der Waals surface area contributed by atoms with Gasteiger partial charge in [-0.3, -0.25) is 4.79 Å². The zero-order chi connectivity index (χ0) is 17.2. The van der Waals surface area contributed by atoms with Gasteiger partial charge in [-0.25, -0.2) is 4.79 Å². The first kappa shape index (κ1) is 20.7. The molecule has 0 rings (SSSR count). The Labute approximate surface area is 134 Å². The molecule has 0 aromatic rings. The maximum Gasteiger partial charge on any atom is 0.407 e. The highest BCUT2D eigenvalue weighted by molar-refractivity contribution is 5.73. The fraction of sp³-hybridized carbons (Fsp3) is 0.875. The van der Waals surface area contributed by atoms with Crippen molar-refractivity contribution in [2.45, 2.75) is 59.5 Å². The number of nitrogens with one attached hydrogen (secondary N) is 2. The number of unbranched alkanes of at least 4 members (excludes halogenated alkanes) is 1. The summed E-state index contributed by atoms with van der Waals surface area (Å²) in [5, 5.41) is 6.19. The molecule has 0 radical (unpaired) electrons. The summed E-state index contributed by atoms with van der Waals surface area (Å²) in [5.41, 5.74) is 4.62. The fourth-order valence-electron chi connectivity index (χ4n) is 1.91. The summed E-state index contributed by atoms with van der Waals surface area (Å²) >= 11 is 0. The van der Waals surface area contributed by atoms with Crippen LogP contribution < -0.4 is 16.4 Å². The number of rotatable bonds is 10. The van der Waals surface area contributed by atoms with Crippen molar-refractivity contribution in [2.75, 3.05) is 19.6 Å². The number of hydrogen-bond donors (Lipinski definition) is 3. The van der Waals surface area contributed by atoms with Crippen molar-refractivity contribution < 1.29 is 14.3 Å². The van der Waals surface area contributed by atoms with Crippen molar-refractivity contribution in [1.82, 2.24) is 10.6 Å². The summed E-state index contributed by atoms with van der Waals surface area (Å²) in [6.45, 7) is 12.1. The second kappa shape index (κ2) is 10.4. The zero-order valence-corrected chi connectivity index (χ0v) is 14.7. The maximum absolute atomic E-state index is 11.7. The van der Waals surface area contributed by atoms with Crippen molar-refractivity contribution in [2.24, 2.45) is 17.6 Å². The van der Waals surface area contributed by atoms with Crippen molar-refractivity contribution in [1.29, 1.82) is 0 Å². The molecule has 0 aliphatic carbocycles. The van der Waals surface area contributed by atoms with E-state index >= 15 is 0 Å². The van der Waals surface area contributed by atoms with E-state index in [9.17, 15) is 9.59 Å². The van der Waals surface area contributed by atoms with Gasteiger partial charge in [0.2, 0.25) is 5.91 Å². The fourth-order valence-corrected chi connectivity index (χ4v) is 1.91. The van der Waals surface area contributed by atoms with Gasteiger partial charge in [-0.05, 0) is 58.5 Å². The first-order valence-electron chi connectivity index (χ1n) is 8.07. The third kappa shape index (κ3) is 12.4. The lowest BCUT2D eigenvalue weighted by molar-refractivity contribution is -0.118. The summed E-state index contributed by atoms with van der Waals surface area (Å²) in [6, 6.07) is 0. The Hall–Kier alpha value is -1.30. The molecule has 6 nitrogen and oxygen atoms in total. The molecule has 22 heavy (non-hydrogen) atoms. The Kier molecular flexibility index (Phi) is 9.81. The quantitative estimate of drug-likeness (QED) is 0.538. The Balaban J connectivity index is 3.92. The van der Waals surface area contributed by atoms with Crippen molar-refractivity contribution in [3.63, 3.8) is 0 Å². The smallest absolute Gasteiger partial charge is 0.407 e. The van der Waals surface area contributed by atoms with Crippen LogP contribution in [0.15, 0.2) is 0 Å². The molecule has 0 bridgehead atoms. The summed E-state index contributed by atoms with van der Waals surface area (Å²) in [6.07, 6.45) is 1.80. The highest BCUT2D eigenvalue weighted by atomic mass is 16.6. The van der Waals surface area contributed by atoms with Crippen LogP contribution in [0, 0.1) is 11.8 Å². The van der Waals surface area contributed by atoms with E-state index in [-0.39, 0.29) is 12.0 Å². The number of carbonyl (C=O) groups is 2. The van der Waals surface area contributed by atoms with Gasteiger partial charge in [-0.2, -0.15) is 0 Å². The Morgan fingerprint density at radius 1 is 1.14 bits per heavy atom. The lowest BCUT2D eigenvalue weighted by Gasteiger charge is -2.24. The van der Waals surface area contributed by atoms with Crippen LogP contribution in [0.25, 0.3) is 0 Å². The molecule has 0 fully saturated rings. The molecule has 1 unspecified atom stereocenters. The molecule has 0 aliphatic heterocycles. The van der Waals surface area contributed by atoms with Gasteiger partial charge in [-0.1, -0.05) is 13.8 Å².